The third-order valence-electron chi connectivity index (χ3n) is 2.05. The zero-order valence-electron chi connectivity index (χ0n) is 7.80. The molecule has 1 aliphatic rings. The molecule has 0 aliphatic heterocycles. The first-order valence-corrected chi connectivity index (χ1v) is 4.16. The molecule has 0 saturated carbocycles. The van der Waals surface area contributed by atoms with E-state index in [1.807, 2.05) is 13.0 Å². The first-order valence-electron chi connectivity index (χ1n) is 4.16. The van der Waals surface area contributed by atoms with Crippen molar-refractivity contribution in [3.05, 3.63) is 54.5 Å². The van der Waals surface area contributed by atoms with Gasteiger partial charge in [-0.2, -0.15) is 0 Å². The van der Waals surface area contributed by atoms with Crippen molar-refractivity contribution in [1.82, 2.24) is 0 Å². The smallest absolute Gasteiger partial charge is 0.0326 e. The third-order valence-corrected chi connectivity index (χ3v) is 2.05. The fraction of sp³-hybridized carbons (Fsp3) is 0.250. The molecule has 63 valence electrons. The highest BCUT2D eigenvalue weighted by molar-refractivity contribution is 5.43. The molecule has 0 saturated heterocycles. The Kier molecular flexibility index (Phi) is 2.69. The summed E-state index contributed by atoms with van der Waals surface area (Å²) >= 11 is 0. The summed E-state index contributed by atoms with van der Waals surface area (Å²) in [6, 6.07) is 0. The molecule has 0 aromatic carbocycles. The van der Waals surface area contributed by atoms with Gasteiger partial charge in [0, 0.05) is 11.8 Å². The van der Waals surface area contributed by atoms with Crippen LogP contribution in [-0.4, -0.2) is 0 Å². The zero-order valence-corrected chi connectivity index (χ0v) is 7.80. The molecule has 1 unspecified atom stereocenters. The molecule has 0 aromatic heterocycles. The van der Waals surface area contributed by atoms with Gasteiger partial charge in [0.2, 0.25) is 0 Å². The molecule has 1 atom stereocenters. The van der Waals surface area contributed by atoms with Crippen LogP contribution >= 0.6 is 0 Å². The molecule has 0 bridgehead atoms. The fourth-order valence-corrected chi connectivity index (χ4v) is 1.38. The van der Waals surface area contributed by atoms with Crippen LogP contribution in [0, 0.1) is 11.8 Å². The third kappa shape index (κ3) is 1.76. The van der Waals surface area contributed by atoms with E-state index in [1.165, 1.54) is 11.5 Å². The molecular formula is C12H15. The summed E-state index contributed by atoms with van der Waals surface area (Å²) in [7, 11) is 0. The van der Waals surface area contributed by atoms with E-state index in [-0.39, 0.29) is 0 Å². The zero-order chi connectivity index (χ0) is 9.14. The van der Waals surface area contributed by atoms with Gasteiger partial charge in [0.25, 0.3) is 0 Å². The topological polar surface area (TPSA) is 0 Å². The van der Waals surface area contributed by atoms with Crippen molar-refractivity contribution in [2.45, 2.75) is 13.8 Å². The lowest BCUT2D eigenvalue weighted by Crippen LogP contribution is -2.11. The van der Waals surface area contributed by atoms with E-state index in [9.17, 15) is 0 Å². The predicted octanol–water partition coefficient (Wildman–Crippen LogP) is 3.46. The van der Waals surface area contributed by atoms with Crippen LogP contribution in [0.4, 0.5) is 0 Å². The van der Waals surface area contributed by atoms with Gasteiger partial charge in [0.15, 0.2) is 0 Å². The van der Waals surface area contributed by atoms with Crippen molar-refractivity contribution < 1.29 is 0 Å². The van der Waals surface area contributed by atoms with Crippen molar-refractivity contribution in [2.75, 3.05) is 0 Å². The van der Waals surface area contributed by atoms with E-state index >= 15 is 0 Å². The lowest BCUT2D eigenvalue weighted by molar-refractivity contribution is 0.821. The van der Waals surface area contributed by atoms with Gasteiger partial charge in [-0.3, -0.25) is 0 Å². The minimum atomic E-state index is 0.368. The second-order valence-electron chi connectivity index (χ2n) is 3.30. The van der Waals surface area contributed by atoms with Gasteiger partial charge in [0.1, 0.15) is 0 Å². The van der Waals surface area contributed by atoms with Crippen LogP contribution in [0.2, 0.25) is 0 Å². The quantitative estimate of drug-likeness (QED) is 0.541. The Hall–Kier alpha value is -1.04. The van der Waals surface area contributed by atoms with E-state index in [0.717, 1.165) is 5.57 Å². The monoisotopic (exact) mass is 159 g/mol. The first kappa shape index (κ1) is 9.05. The molecule has 1 aliphatic carbocycles. The molecule has 1 radical (unpaired) electrons. The number of rotatable bonds is 2. The van der Waals surface area contributed by atoms with Crippen molar-refractivity contribution in [1.29, 1.82) is 0 Å². The van der Waals surface area contributed by atoms with E-state index in [0.29, 0.717) is 5.92 Å². The molecule has 1 rings (SSSR count). The molecular weight excluding hydrogens is 144 g/mol. The van der Waals surface area contributed by atoms with Crippen LogP contribution in [0.3, 0.4) is 0 Å². The number of hydrogen-bond donors (Lipinski definition) is 0. The van der Waals surface area contributed by atoms with E-state index in [1.54, 1.807) is 0 Å². The summed E-state index contributed by atoms with van der Waals surface area (Å²) in [5.74, 6) is 1.65. The SMILES string of the molecule is C=C(C)[C]1C=CC=CC1C(=C)C. The standard InChI is InChI=1S/C12H15/c1-9(2)11-7-5-6-8-12(11)10(3)4/h5-8,11H,1,3H2,2,4H3. The maximum atomic E-state index is 3.96. The van der Waals surface area contributed by atoms with Gasteiger partial charge < -0.3 is 0 Å². The number of hydrogen-bond acceptors (Lipinski definition) is 0. The molecule has 0 fully saturated rings. The van der Waals surface area contributed by atoms with Crippen LogP contribution in [0.15, 0.2) is 48.6 Å². The van der Waals surface area contributed by atoms with Gasteiger partial charge in [-0.15, -0.1) is 0 Å². The fourth-order valence-electron chi connectivity index (χ4n) is 1.38. The van der Waals surface area contributed by atoms with Gasteiger partial charge in [-0.1, -0.05) is 48.6 Å². The minimum absolute atomic E-state index is 0.368. The normalized spacial score (nSPS) is 22.7. The molecule has 0 heteroatoms. The summed E-state index contributed by atoms with van der Waals surface area (Å²) < 4.78 is 0. The van der Waals surface area contributed by atoms with Gasteiger partial charge in [0.05, 0.1) is 0 Å². The highest BCUT2D eigenvalue weighted by Crippen LogP contribution is 2.31. The molecule has 0 heterocycles. The van der Waals surface area contributed by atoms with E-state index in [2.05, 4.69) is 38.3 Å². The average molecular weight is 159 g/mol. The lowest BCUT2D eigenvalue weighted by atomic mass is 9.80. The van der Waals surface area contributed by atoms with Crippen LogP contribution in [-0.2, 0) is 0 Å². The van der Waals surface area contributed by atoms with Crippen LogP contribution < -0.4 is 0 Å². The van der Waals surface area contributed by atoms with Crippen molar-refractivity contribution in [3.8, 4) is 0 Å². The summed E-state index contributed by atoms with van der Waals surface area (Å²) in [6.45, 7) is 12.0. The second-order valence-corrected chi connectivity index (χ2v) is 3.30. The predicted molar refractivity (Wildman–Crippen MR) is 54.6 cm³/mol. The Morgan fingerprint density at radius 3 is 2.33 bits per heavy atom. The summed E-state index contributed by atoms with van der Waals surface area (Å²) in [6.07, 6.45) is 8.38. The summed E-state index contributed by atoms with van der Waals surface area (Å²) in [5, 5.41) is 0. The van der Waals surface area contributed by atoms with Crippen molar-refractivity contribution in [2.24, 2.45) is 5.92 Å². The average Bonchev–Trinajstić information content (AvgIpc) is 2.04. The molecule has 12 heavy (non-hydrogen) atoms. The Bertz CT molecular complexity index is 225. The highest BCUT2D eigenvalue weighted by Gasteiger charge is 2.19. The molecule has 0 spiro atoms. The van der Waals surface area contributed by atoms with Crippen LogP contribution in [0.1, 0.15) is 13.8 Å². The minimum Gasteiger partial charge on any atom is -0.0995 e. The summed E-state index contributed by atoms with van der Waals surface area (Å²) in [4.78, 5) is 0. The highest BCUT2D eigenvalue weighted by atomic mass is 14.2. The van der Waals surface area contributed by atoms with Crippen LogP contribution in [0.5, 0.6) is 0 Å². The molecule has 0 aromatic rings. The largest absolute Gasteiger partial charge is 0.0995 e. The number of allylic oxidation sites excluding steroid dienone is 6. The van der Waals surface area contributed by atoms with Gasteiger partial charge in [-0.25, -0.2) is 0 Å². The second kappa shape index (κ2) is 3.57. The van der Waals surface area contributed by atoms with Crippen LogP contribution in [0.25, 0.3) is 0 Å². The maximum absolute atomic E-state index is 3.96. The van der Waals surface area contributed by atoms with E-state index in [4.69, 9.17) is 0 Å². The Balaban J connectivity index is 2.85. The Labute approximate surface area is 75.0 Å². The maximum Gasteiger partial charge on any atom is 0.0326 e. The summed E-state index contributed by atoms with van der Waals surface area (Å²) in [5.41, 5.74) is 2.30. The molecule has 0 nitrogen and oxygen atoms in total. The molecule has 0 N–H and O–H groups in total. The van der Waals surface area contributed by atoms with Crippen molar-refractivity contribution >= 4 is 0 Å². The molecule has 0 amide bonds. The van der Waals surface area contributed by atoms with Gasteiger partial charge in [-0.05, 0) is 13.8 Å². The van der Waals surface area contributed by atoms with Gasteiger partial charge >= 0.3 is 0 Å². The van der Waals surface area contributed by atoms with Crippen molar-refractivity contribution in [3.63, 3.8) is 0 Å². The van der Waals surface area contributed by atoms with E-state index < -0.39 is 0 Å². The Morgan fingerprint density at radius 1 is 1.25 bits per heavy atom. The lowest BCUT2D eigenvalue weighted by Gasteiger charge is -2.23. The first-order chi connectivity index (χ1) is 5.63. The Morgan fingerprint density at radius 2 is 1.92 bits per heavy atom.